The number of pyridine rings is 1. The first-order valence-corrected chi connectivity index (χ1v) is 8.33. The van der Waals surface area contributed by atoms with Gasteiger partial charge in [-0.2, -0.15) is 0 Å². The fraction of sp³-hybridized carbons (Fsp3) is 0.647. The molecular formula is C17H25N3O2. The summed E-state index contributed by atoms with van der Waals surface area (Å²) in [5, 5.41) is 12.7. The maximum atomic E-state index is 12.3. The largest absolute Gasteiger partial charge is 0.396 e. The minimum absolute atomic E-state index is 0.0274. The van der Waals surface area contributed by atoms with E-state index < -0.39 is 0 Å². The Morgan fingerprint density at radius 2 is 2.14 bits per heavy atom. The number of nitrogens with one attached hydrogen (secondary N) is 1. The number of carbonyl (C=O) groups is 1. The number of hydrogen-bond donors (Lipinski definition) is 2. The molecule has 1 aliphatic carbocycles. The van der Waals surface area contributed by atoms with Crippen LogP contribution in [0.2, 0.25) is 0 Å². The van der Waals surface area contributed by atoms with Gasteiger partial charge in [-0.1, -0.05) is 19.3 Å². The van der Waals surface area contributed by atoms with Crippen LogP contribution in [-0.2, 0) is 0 Å². The highest BCUT2D eigenvalue weighted by atomic mass is 16.3. The summed E-state index contributed by atoms with van der Waals surface area (Å²) in [6.45, 7) is 1.86. The van der Waals surface area contributed by atoms with Gasteiger partial charge in [0.2, 0.25) is 0 Å². The Hall–Kier alpha value is -1.46. The van der Waals surface area contributed by atoms with Crippen LogP contribution in [0.15, 0.2) is 24.5 Å². The fourth-order valence-corrected chi connectivity index (χ4v) is 3.75. The number of nitrogens with zero attached hydrogens (tertiary/aromatic N) is 2. The Balaban J connectivity index is 1.61. The number of aliphatic hydroxyl groups excluding tert-OH is 1. The SMILES string of the molecule is O=C(N[C@@H]1CN(C2CCCCC2)C[C@H]1CO)c1cccnc1. The van der Waals surface area contributed by atoms with Crippen molar-refractivity contribution in [2.24, 2.45) is 5.92 Å². The molecule has 1 amide bonds. The summed E-state index contributed by atoms with van der Waals surface area (Å²) in [6, 6.07) is 4.19. The van der Waals surface area contributed by atoms with Crippen molar-refractivity contribution in [3.8, 4) is 0 Å². The van der Waals surface area contributed by atoms with Crippen molar-refractivity contribution in [3.05, 3.63) is 30.1 Å². The molecule has 2 atom stereocenters. The van der Waals surface area contributed by atoms with Crippen LogP contribution in [0, 0.1) is 5.92 Å². The second-order valence-corrected chi connectivity index (χ2v) is 6.51. The highest BCUT2D eigenvalue weighted by Gasteiger charge is 2.36. The van der Waals surface area contributed by atoms with E-state index in [1.165, 1.54) is 32.1 Å². The van der Waals surface area contributed by atoms with Crippen molar-refractivity contribution < 1.29 is 9.90 Å². The van der Waals surface area contributed by atoms with Gasteiger partial charge in [0.1, 0.15) is 0 Å². The molecule has 1 aromatic rings. The molecule has 22 heavy (non-hydrogen) atoms. The third-order valence-corrected chi connectivity index (χ3v) is 5.04. The van der Waals surface area contributed by atoms with Gasteiger partial charge in [0, 0.05) is 50.1 Å². The lowest BCUT2D eigenvalue weighted by Gasteiger charge is -2.31. The minimum Gasteiger partial charge on any atom is -0.396 e. The van der Waals surface area contributed by atoms with E-state index in [4.69, 9.17) is 0 Å². The molecule has 0 spiro atoms. The standard InChI is InChI=1S/C17H25N3O2/c21-12-14-10-20(15-6-2-1-3-7-15)11-16(14)19-17(22)13-5-4-8-18-9-13/h4-5,8-9,14-16,21H,1-3,6-7,10-12H2,(H,19,22)/t14-,16+/m0/s1. The molecule has 1 saturated heterocycles. The van der Waals surface area contributed by atoms with E-state index in [1.54, 1.807) is 24.5 Å². The van der Waals surface area contributed by atoms with E-state index in [0.29, 0.717) is 11.6 Å². The second-order valence-electron chi connectivity index (χ2n) is 6.51. The summed E-state index contributed by atoms with van der Waals surface area (Å²) in [6.07, 6.45) is 9.69. The van der Waals surface area contributed by atoms with Crippen LogP contribution in [0.3, 0.4) is 0 Å². The van der Waals surface area contributed by atoms with E-state index in [-0.39, 0.29) is 24.5 Å². The number of hydrogen-bond acceptors (Lipinski definition) is 4. The average Bonchev–Trinajstić information content (AvgIpc) is 2.99. The third-order valence-electron chi connectivity index (χ3n) is 5.04. The number of likely N-dealkylation sites (tertiary alicyclic amines) is 1. The fourth-order valence-electron chi connectivity index (χ4n) is 3.75. The van der Waals surface area contributed by atoms with Gasteiger partial charge in [0.05, 0.1) is 5.56 Å². The smallest absolute Gasteiger partial charge is 0.253 e. The van der Waals surface area contributed by atoms with E-state index >= 15 is 0 Å². The Morgan fingerprint density at radius 1 is 1.32 bits per heavy atom. The Labute approximate surface area is 131 Å². The lowest BCUT2D eigenvalue weighted by atomic mass is 9.94. The summed E-state index contributed by atoms with van der Waals surface area (Å²) >= 11 is 0. The molecule has 2 fully saturated rings. The zero-order chi connectivity index (χ0) is 15.4. The number of amides is 1. The van der Waals surface area contributed by atoms with Crippen molar-refractivity contribution in [3.63, 3.8) is 0 Å². The van der Waals surface area contributed by atoms with Crippen LogP contribution in [-0.4, -0.2) is 52.7 Å². The second kappa shape index (κ2) is 7.20. The van der Waals surface area contributed by atoms with Gasteiger partial charge in [0.15, 0.2) is 0 Å². The number of carbonyl (C=O) groups excluding carboxylic acids is 1. The topological polar surface area (TPSA) is 65.5 Å². The van der Waals surface area contributed by atoms with Crippen LogP contribution in [0.5, 0.6) is 0 Å². The van der Waals surface area contributed by atoms with E-state index in [1.807, 2.05) is 0 Å². The number of rotatable bonds is 4. The maximum absolute atomic E-state index is 12.3. The molecule has 1 saturated carbocycles. The van der Waals surface area contributed by atoms with E-state index in [2.05, 4.69) is 15.2 Å². The van der Waals surface area contributed by atoms with Gasteiger partial charge in [-0.15, -0.1) is 0 Å². The molecule has 2 heterocycles. The molecule has 1 aromatic heterocycles. The summed E-state index contributed by atoms with van der Waals surface area (Å²) in [7, 11) is 0. The Kier molecular flexibility index (Phi) is 5.05. The highest BCUT2D eigenvalue weighted by molar-refractivity contribution is 5.94. The highest BCUT2D eigenvalue weighted by Crippen LogP contribution is 2.28. The predicted molar refractivity (Wildman–Crippen MR) is 84.5 cm³/mol. The zero-order valence-corrected chi connectivity index (χ0v) is 12.9. The first-order chi connectivity index (χ1) is 10.8. The van der Waals surface area contributed by atoms with Gasteiger partial charge in [-0.25, -0.2) is 0 Å². The van der Waals surface area contributed by atoms with Gasteiger partial charge < -0.3 is 10.4 Å². The predicted octanol–water partition coefficient (Wildman–Crippen LogP) is 1.44. The van der Waals surface area contributed by atoms with Crippen molar-refractivity contribution >= 4 is 5.91 Å². The van der Waals surface area contributed by atoms with E-state index in [9.17, 15) is 9.90 Å². The summed E-state index contributed by atoms with van der Waals surface area (Å²) in [4.78, 5) is 18.7. The van der Waals surface area contributed by atoms with Crippen LogP contribution >= 0.6 is 0 Å². The van der Waals surface area contributed by atoms with E-state index in [0.717, 1.165) is 13.1 Å². The summed E-state index contributed by atoms with van der Waals surface area (Å²) in [5.41, 5.74) is 0.579. The molecule has 5 heteroatoms. The molecule has 0 unspecified atom stereocenters. The van der Waals surface area contributed by atoms with Crippen molar-refractivity contribution in [1.82, 2.24) is 15.2 Å². The van der Waals surface area contributed by atoms with Crippen molar-refractivity contribution in [1.29, 1.82) is 0 Å². The molecule has 2 aliphatic rings. The third kappa shape index (κ3) is 3.47. The van der Waals surface area contributed by atoms with Crippen LogP contribution in [0.25, 0.3) is 0 Å². The molecular weight excluding hydrogens is 278 g/mol. The first-order valence-electron chi connectivity index (χ1n) is 8.33. The molecule has 120 valence electrons. The number of aromatic nitrogens is 1. The zero-order valence-electron chi connectivity index (χ0n) is 12.9. The molecule has 0 radical (unpaired) electrons. The normalized spacial score (nSPS) is 27.0. The van der Waals surface area contributed by atoms with Gasteiger partial charge >= 0.3 is 0 Å². The molecule has 2 N–H and O–H groups in total. The van der Waals surface area contributed by atoms with Gasteiger partial charge in [-0.3, -0.25) is 14.7 Å². The van der Waals surface area contributed by atoms with Gasteiger partial charge in [0.25, 0.3) is 5.91 Å². The number of aliphatic hydroxyl groups is 1. The van der Waals surface area contributed by atoms with Crippen LogP contribution < -0.4 is 5.32 Å². The Bertz CT molecular complexity index is 488. The summed E-state index contributed by atoms with van der Waals surface area (Å²) in [5.74, 6) is 0.0320. The van der Waals surface area contributed by atoms with Crippen LogP contribution in [0.1, 0.15) is 42.5 Å². The lowest BCUT2D eigenvalue weighted by molar-refractivity contribution is 0.0920. The summed E-state index contributed by atoms with van der Waals surface area (Å²) < 4.78 is 0. The van der Waals surface area contributed by atoms with Crippen molar-refractivity contribution in [2.75, 3.05) is 19.7 Å². The minimum atomic E-state index is -0.0953. The van der Waals surface area contributed by atoms with Crippen LogP contribution in [0.4, 0.5) is 0 Å². The monoisotopic (exact) mass is 303 g/mol. The molecule has 3 rings (SSSR count). The maximum Gasteiger partial charge on any atom is 0.253 e. The quantitative estimate of drug-likeness (QED) is 0.883. The Morgan fingerprint density at radius 3 is 2.82 bits per heavy atom. The van der Waals surface area contributed by atoms with Gasteiger partial charge in [-0.05, 0) is 25.0 Å². The molecule has 5 nitrogen and oxygen atoms in total. The first kappa shape index (κ1) is 15.4. The average molecular weight is 303 g/mol. The van der Waals surface area contributed by atoms with Crippen molar-refractivity contribution in [2.45, 2.75) is 44.2 Å². The lowest BCUT2D eigenvalue weighted by Crippen LogP contribution is -2.42. The molecule has 0 aromatic carbocycles. The molecule has 1 aliphatic heterocycles. The molecule has 0 bridgehead atoms.